The smallest absolute Gasteiger partial charge is 0.251 e. The molecule has 0 aliphatic heterocycles. The summed E-state index contributed by atoms with van der Waals surface area (Å²) in [5.74, 6) is 4.82. The molecule has 1 amide bonds. The number of benzene rings is 1. The minimum atomic E-state index is -0.623. The third-order valence-electron chi connectivity index (χ3n) is 1.97. The zero-order valence-corrected chi connectivity index (χ0v) is 8.07. The summed E-state index contributed by atoms with van der Waals surface area (Å²) in [6, 6.07) is 9.59. The summed E-state index contributed by atoms with van der Waals surface area (Å²) in [7, 11) is 1.55. The van der Waals surface area contributed by atoms with Gasteiger partial charge in [-0.25, -0.2) is 5.90 Å². The van der Waals surface area contributed by atoms with Crippen LogP contribution in [0.2, 0.25) is 0 Å². The molecule has 0 aliphatic rings. The summed E-state index contributed by atoms with van der Waals surface area (Å²) in [4.78, 5) is 15.8. The monoisotopic (exact) mass is 194 g/mol. The van der Waals surface area contributed by atoms with Crippen LogP contribution in [0.3, 0.4) is 0 Å². The van der Waals surface area contributed by atoms with Crippen molar-refractivity contribution in [3.05, 3.63) is 35.9 Å². The van der Waals surface area contributed by atoms with Crippen LogP contribution in [0.1, 0.15) is 5.56 Å². The highest BCUT2D eigenvalue weighted by Crippen LogP contribution is 2.04. The van der Waals surface area contributed by atoms with Crippen molar-refractivity contribution in [1.82, 2.24) is 5.32 Å². The molecular weight excluding hydrogens is 180 g/mol. The van der Waals surface area contributed by atoms with Crippen molar-refractivity contribution in [2.45, 2.75) is 12.5 Å². The van der Waals surface area contributed by atoms with Crippen LogP contribution in [0.15, 0.2) is 30.3 Å². The number of carbonyl (C=O) groups is 1. The van der Waals surface area contributed by atoms with Gasteiger partial charge in [-0.3, -0.25) is 9.63 Å². The van der Waals surface area contributed by atoms with Gasteiger partial charge in [-0.05, 0) is 5.56 Å². The Morgan fingerprint density at radius 2 is 2.14 bits per heavy atom. The highest BCUT2D eigenvalue weighted by atomic mass is 16.6. The van der Waals surface area contributed by atoms with E-state index in [1.807, 2.05) is 30.3 Å². The lowest BCUT2D eigenvalue weighted by Gasteiger charge is -2.12. The normalized spacial score (nSPS) is 12.1. The van der Waals surface area contributed by atoms with Gasteiger partial charge in [0.1, 0.15) is 0 Å². The number of rotatable bonds is 4. The van der Waals surface area contributed by atoms with Crippen LogP contribution in [0.4, 0.5) is 0 Å². The van der Waals surface area contributed by atoms with E-state index in [-0.39, 0.29) is 5.91 Å². The molecule has 3 N–H and O–H groups in total. The van der Waals surface area contributed by atoms with E-state index in [1.54, 1.807) is 7.05 Å². The van der Waals surface area contributed by atoms with E-state index in [1.165, 1.54) is 0 Å². The number of amides is 1. The second-order valence-electron chi connectivity index (χ2n) is 2.93. The lowest BCUT2D eigenvalue weighted by molar-refractivity contribution is -0.132. The zero-order chi connectivity index (χ0) is 10.4. The lowest BCUT2D eigenvalue weighted by atomic mass is 10.1. The first-order valence-electron chi connectivity index (χ1n) is 4.39. The van der Waals surface area contributed by atoms with Gasteiger partial charge in [0.2, 0.25) is 0 Å². The summed E-state index contributed by atoms with van der Waals surface area (Å²) in [5, 5.41) is 2.49. The highest BCUT2D eigenvalue weighted by molar-refractivity contribution is 5.80. The Bertz CT molecular complexity index is 287. The SMILES string of the molecule is CNC(=O)[C@H](Cc1ccccc1)ON. The summed E-state index contributed by atoms with van der Waals surface area (Å²) >= 11 is 0. The molecule has 14 heavy (non-hydrogen) atoms. The molecule has 4 nitrogen and oxygen atoms in total. The van der Waals surface area contributed by atoms with Crippen LogP contribution in [0.25, 0.3) is 0 Å². The number of likely N-dealkylation sites (N-methyl/N-ethyl adjacent to an activating group) is 1. The third-order valence-corrected chi connectivity index (χ3v) is 1.97. The average Bonchev–Trinajstić information content (AvgIpc) is 2.26. The fourth-order valence-electron chi connectivity index (χ4n) is 1.19. The average molecular weight is 194 g/mol. The molecule has 0 bridgehead atoms. The van der Waals surface area contributed by atoms with Gasteiger partial charge in [-0.15, -0.1) is 0 Å². The largest absolute Gasteiger partial charge is 0.357 e. The van der Waals surface area contributed by atoms with Gasteiger partial charge in [0, 0.05) is 13.5 Å². The Balaban J connectivity index is 2.62. The first kappa shape index (κ1) is 10.7. The van der Waals surface area contributed by atoms with Crippen molar-refractivity contribution in [1.29, 1.82) is 0 Å². The topological polar surface area (TPSA) is 64.3 Å². The van der Waals surface area contributed by atoms with E-state index in [0.29, 0.717) is 6.42 Å². The summed E-state index contributed by atoms with van der Waals surface area (Å²) < 4.78 is 0. The van der Waals surface area contributed by atoms with Gasteiger partial charge in [0.15, 0.2) is 6.10 Å². The molecule has 0 fully saturated rings. The van der Waals surface area contributed by atoms with Crippen molar-refractivity contribution in [2.24, 2.45) is 5.90 Å². The van der Waals surface area contributed by atoms with Crippen molar-refractivity contribution in [3.63, 3.8) is 0 Å². The lowest BCUT2D eigenvalue weighted by Crippen LogP contribution is -2.37. The van der Waals surface area contributed by atoms with Crippen molar-refractivity contribution in [2.75, 3.05) is 7.05 Å². The molecule has 0 aromatic heterocycles. The molecule has 4 heteroatoms. The van der Waals surface area contributed by atoms with E-state index >= 15 is 0 Å². The number of carbonyl (C=O) groups excluding carboxylic acids is 1. The van der Waals surface area contributed by atoms with E-state index in [4.69, 9.17) is 5.90 Å². The molecule has 0 aliphatic carbocycles. The second-order valence-corrected chi connectivity index (χ2v) is 2.93. The van der Waals surface area contributed by atoms with Gasteiger partial charge in [0.25, 0.3) is 5.91 Å². The Labute approximate surface area is 83.0 Å². The fourth-order valence-corrected chi connectivity index (χ4v) is 1.19. The van der Waals surface area contributed by atoms with Gasteiger partial charge in [-0.1, -0.05) is 30.3 Å². The Morgan fingerprint density at radius 1 is 1.50 bits per heavy atom. The molecule has 1 atom stereocenters. The number of hydrogen-bond donors (Lipinski definition) is 2. The Kier molecular flexibility index (Phi) is 4.10. The van der Waals surface area contributed by atoms with Gasteiger partial charge in [0.05, 0.1) is 0 Å². The molecule has 76 valence electrons. The molecular formula is C10H14N2O2. The quantitative estimate of drug-likeness (QED) is 0.674. The molecule has 0 heterocycles. The predicted octanol–water partition coefficient (Wildman–Crippen LogP) is 0.234. The number of nitrogens with one attached hydrogen (secondary N) is 1. The third kappa shape index (κ3) is 2.83. The fraction of sp³-hybridized carbons (Fsp3) is 0.300. The van der Waals surface area contributed by atoms with Crippen LogP contribution in [0.5, 0.6) is 0 Å². The first-order chi connectivity index (χ1) is 6.77. The summed E-state index contributed by atoms with van der Waals surface area (Å²) in [5.41, 5.74) is 1.02. The van der Waals surface area contributed by atoms with Crippen LogP contribution < -0.4 is 11.2 Å². The van der Waals surface area contributed by atoms with Gasteiger partial charge >= 0.3 is 0 Å². The van der Waals surface area contributed by atoms with Crippen LogP contribution in [-0.2, 0) is 16.1 Å². The standard InChI is InChI=1S/C10H14N2O2/c1-12-10(13)9(14-11)7-8-5-3-2-4-6-8/h2-6,9H,7,11H2,1H3,(H,12,13)/t9-/m0/s1. The van der Waals surface area contributed by atoms with Crippen molar-refractivity contribution in [3.8, 4) is 0 Å². The molecule has 0 unspecified atom stereocenters. The molecule has 0 radical (unpaired) electrons. The Hall–Kier alpha value is -1.39. The van der Waals surface area contributed by atoms with E-state index in [9.17, 15) is 4.79 Å². The zero-order valence-electron chi connectivity index (χ0n) is 8.07. The van der Waals surface area contributed by atoms with Crippen LogP contribution in [0, 0.1) is 0 Å². The van der Waals surface area contributed by atoms with Gasteiger partial charge in [-0.2, -0.15) is 0 Å². The number of hydrogen-bond acceptors (Lipinski definition) is 3. The van der Waals surface area contributed by atoms with E-state index in [0.717, 1.165) is 5.56 Å². The maximum atomic E-state index is 11.2. The highest BCUT2D eigenvalue weighted by Gasteiger charge is 2.16. The van der Waals surface area contributed by atoms with E-state index < -0.39 is 6.10 Å². The molecule has 0 saturated carbocycles. The number of nitrogens with two attached hydrogens (primary N) is 1. The summed E-state index contributed by atoms with van der Waals surface area (Å²) in [6.45, 7) is 0. The summed E-state index contributed by atoms with van der Waals surface area (Å²) in [6.07, 6.45) is -0.140. The molecule has 0 spiro atoms. The van der Waals surface area contributed by atoms with Crippen LogP contribution in [-0.4, -0.2) is 19.1 Å². The van der Waals surface area contributed by atoms with Gasteiger partial charge < -0.3 is 5.32 Å². The minimum Gasteiger partial charge on any atom is -0.357 e. The second kappa shape index (κ2) is 5.36. The molecule has 0 saturated heterocycles. The maximum Gasteiger partial charge on any atom is 0.251 e. The Morgan fingerprint density at radius 3 is 2.64 bits per heavy atom. The minimum absolute atomic E-state index is 0.212. The van der Waals surface area contributed by atoms with E-state index in [2.05, 4.69) is 10.2 Å². The first-order valence-corrected chi connectivity index (χ1v) is 4.39. The van der Waals surface area contributed by atoms with Crippen LogP contribution >= 0.6 is 0 Å². The predicted molar refractivity (Wildman–Crippen MR) is 53.3 cm³/mol. The molecule has 1 aromatic carbocycles. The van der Waals surface area contributed by atoms with Crippen molar-refractivity contribution < 1.29 is 9.63 Å². The maximum absolute atomic E-state index is 11.2. The molecule has 1 rings (SSSR count). The molecule has 1 aromatic rings. The van der Waals surface area contributed by atoms with Crippen molar-refractivity contribution >= 4 is 5.91 Å².